The first-order chi connectivity index (χ1) is 11.5. The maximum Gasteiger partial charge on any atom is 0.321 e. The number of rotatable bonds is 6. The molecule has 0 bridgehead atoms. The summed E-state index contributed by atoms with van der Waals surface area (Å²) in [4.78, 5) is 22.6. The molecule has 0 saturated heterocycles. The van der Waals surface area contributed by atoms with Crippen LogP contribution in [0.15, 0.2) is 29.4 Å². The highest BCUT2D eigenvalue weighted by atomic mass is 35.5. The quantitative estimate of drug-likeness (QED) is 0.750. The van der Waals surface area contributed by atoms with Crippen molar-refractivity contribution in [3.05, 3.63) is 35.1 Å². The SMILES string of the molecule is CNC(=O)NC(=O)CSc1nnc(COc2ccc(Cl)cc2)n1C. The number of nitrogens with one attached hydrogen (secondary N) is 2. The van der Waals surface area contributed by atoms with E-state index in [1.807, 2.05) is 0 Å². The summed E-state index contributed by atoms with van der Waals surface area (Å²) in [6, 6.07) is 6.45. The topological polar surface area (TPSA) is 98.1 Å². The predicted molar refractivity (Wildman–Crippen MR) is 90.1 cm³/mol. The Kier molecular flexibility index (Phi) is 6.44. The van der Waals surface area contributed by atoms with Crippen molar-refractivity contribution in [1.29, 1.82) is 0 Å². The number of urea groups is 1. The maximum absolute atomic E-state index is 11.6. The van der Waals surface area contributed by atoms with E-state index in [4.69, 9.17) is 16.3 Å². The number of carbonyl (C=O) groups excluding carboxylic acids is 2. The van der Waals surface area contributed by atoms with Crippen molar-refractivity contribution in [2.45, 2.75) is 11.8 Å². The van der Waals surface area contributed by atoms with Gasteiger partial charge in [0.05, 0.1) is 5.75 Å². The summed E-state index contributed by atoms with van der Waals surface area (Å²) in [6.45, 7) is 0.232. The smallest absolute Gasteiger partial charge is 0.321 e. The maximum atomic E-state index is 11.6. The number of aromatic nitrogens is 3. The number of thioether (sulfide) groups is 1. The van der Waals surface area contributed by atoms with E-state index in [0.29, 0.717) is 21.8 Å². The highest BCUT2D eigenvalue weighted by molar-refractivity contribution is 7.99. The summed E-state index contributed by atoms with van der Waals surface area (Å²) >= 11 is 6.99. The van der Waals surface area contributed by atoms with Crippen molar-refractivity contribution in [2.75, 3.05) is 12.8 Å². The number of halogens is 1. The van der Waals surface area contributed by atoms with Gasteiger partial charge in [0.15, 0.2) is 11.0 Å². The van der Waals surface area contributed by atoms with Gasteiger partial charge in [-0.15, -0.1) is 10.2 Å². The van der Waals surface area contributed by atoms with Crippen molar-refractivity contribution < 1.29 is 14.3 Å². The van der Waals surface area contributed by atoms with Gasteiger partial charge in [-0.3, -0.25) is 10.1 Å². The summed E-state index contributed by atoms with van der Waals surface area (Å²) in [6.07, 6.45) is 0. The molecule has 0 spiro atoms. The second-order valence-corrected chi connectivity index (χ2v) is 6.00. The first-order valence-corrected chi connectivity index (χ1v) is 8.27. The molecule has 0 fully saturated rings. The lowest BCUT2D eigenvalue weighted by atomic mass is 10.3. The molecule has 24 heavy (non-hydrogen) atoms. The normalized spacial score (nSPS) is 10.3. The van der Waals surface area contributed by atoms with E-state index in [1.165, 1.54) is 18.8 Å². The molecule has 10 heteroatoms. The zero-order valence-electron chi connectivity index (χ0n) is 13.1. The predicted octanol–water partition coefficient (Wildman–Crippen LogP) is 1.60. The molecule has 2 rings (SSSR count). The number of ether oxygens (including phenoxy) is 1. The third kappa shape index (κ3) is 5.14. The van der Waals surface area contributed by atoms with E-state index in [0.717, 1.165) is 0 Å². The van der Waals surface area contributed by atoms with Crippen LogP contribution in [0, 0.1) is 0 Å². The van der Waals surface area contributed by atoms with Crippen LogP contribution in [-0.2, 0) is 18.4 Å². The summed E-state index contributed by atoms with van der Waals surface area (Å²) in [5.41, 5.74) is 0. The van der Waals surface area contributed by atoms with Crippen LogP contribution >= 0.6 is 23.4 Å². The molecule has 0 unspecified atom stereocenters. The summed E-state index contributed by atoms with van der Waals surface area (Å²) in [5.74, 6) is 0.916. The second-order valence-electron chi connectivity index (χ2n) is 4.62. The molecule has 0 saturated carbocycles. The van der Waals surface area contributed by atoms with Gasteiger partial charge in [0.25, 0.3) is 0 Å². The first-order valence-electron chi connectivity index (χ1n) is 6.90. The lowest BCUT2D eigenvalue weighted by Crippen LogP contribution is -2.38. The Morgan fingerprint density at radius 2 is 2.00 bits per heavy atom. The Morgan fingerprint density at radius 1 is 1.29 bits per heavy atom. The average molecular weight is 370 g/mol. The number of carbonyl (C=O) groups is 2. The van der Waals surface area contributed by atoms with Gasteiger partial charge < -0.3 is 14.6 Å². The third-order valence-corrected chi connectivity index (χ3v) is 4.19. The highest BCUT2D eigenvalue weighted by Gasteiger charge is 2.13. The molecule has 128 valence electrons. The lowest BCUT2D eigenvalue weighted by Gasteiger charge is -2.06. The standard InChI is InChI=1S/C14H16ClN5O3S/c1-16-13(22)17-12(21)8-24-14-19-18-11(20(14)2)7-23-10-5-3-9(15)4-6-10/h3-6H,7-8H2,1-2H3,(H2,16,17,21,22). The lowest BCUT2D eigenvalue weighted by molar-refractivity contribution is -0.117. The Bertz CT molecular complexity index is 720. The molecular formula is C14H16ClN5O3S. The molecule has 0 radical (unpaired) electrons. The Labute approximate surface area is 147 Å². The van der Waals surface area contributed by atoms with E-state index in [2.05, 4.69) is 20.8 Å². The van der Waals surface area contributed by atoms with Crippen LogP contribution in [0.4, 0.5) is 4.79 Å². The van der Waals surface area contributed by atoms with Gasteiger partial charge in [0, 0.05) is 19.1 Å². The molecule has 1 heterocycles. The van der Waals surface area contributed by atoms with Gasteiger partial charge in [-0.25, -0.2) is 4.79 Å². The number of hydrogen-bond donors (Lipinski definition) is 2. The Morgan fingerprint density at radius 3 is 2.67 bits per heavy atom. The minimum Gasteiger partial charge on any atom is -0.486 e. The number of benzene rings is 1. The minimum absolute atomic E-state index is 0.0530. The van der Waals surface area contributed by atoms with E-state index in [-0.39, 0.29) is 12.4 Å². The molecule has 0 aliphatic rings. The number of amides is 3. The van der Waals surface area contributed by atoms with Gasteiger partial charge in [-0.05, 0) is 24.3 Å². The molecular weight excluding hydrogens is 354 g/mol. The van der Waals surface area contributed by atoms with Crippen LogP contribution in [0.5, 0.6) is 5.75 Å². The van der Waals surface area contributed by atoms with Gasteiger partial charge in [-0.2, -0.15) is 0 Å². The van der Waals surface area contributed by atoms with Gasteiger partial charge >= 0.3 is 6.03 Å². The third-order valence-electron chi connectivity index (χ3n) is 2.92. The number of hydrogen-bond acceptors (Lipinski definition) is 6. The molecule has 0 aliphatic carbocycles. The van der Waals surface area contributed by atoms with E-state index in [1.54, 1.807) is 35.9 Å². The fourth-order valence-corrected chi connectivity index (χ4v) is 2.49. The van der Waals surface area contributed by atoms with E-state index >= 15 is 0 Å². The fourth-order valence-electron chi connectivity index (χ4n) is 1.63. The minimum atomic E-state index is -0.546. The van der Waals surface area contributed by atoms with Crippen molar-refractivity contribution in [3.63, 3.8) is 0 Å². The molecule has 1 aromatic carbocycles. The Hall–Kier alpha value is -2.26. The van der Waals surface area contributed by atoms with Crippen LogP contribution in [0.3, 0.4) is 0 Å². The van der Waals surface area contributed by atoms with Crippen LogP contribution < -0.4 is 15.4 Å². The first kappa shape index (κ1) is 18.1. The number of nitrogens with zero attached hydrogens (tertiary/aromatic N) is 3. The number of imide groups is 1. The zero-order chi connectivity index (χ0) is 17.5. The molecule has 0 atom stereocenters. The molecule has 1 aromatic heterocycles. The van der Waals surface area contributed by atoms with Crippen LogP contribution in [0.2, 0.25) is 5.02 Å². The second kappa shape index (κ2) is 8.55. The molecule has 2 N–H and O–H groups in total. The van der Waals surface area contributed by atoms with Gasteiger partial charge in [0.1, 0.15) is 12.4 Å². The largest absolute Gasteiger partial charge is 0.486 e. The van der Waals surface area contributed by atoms with Crippen LogP contribution in [0.1, 0.15) is 5.82 Å². The van der Waals surface area contributed by atoms with Crippen LogP contribution in [-0.4, -0.2) is 39.5 Å². The summed E-state index contributed by atoms with van der Waals surface area (Å²) in [5, 5.41) is 13.7. The zero-order valence-corrected chi connectivity index (χ0v) is 14.6. The summed E-state index contributed by atoms with van der Waals surface area (Å²) < 4.78 is 7.34. The van der Waals surface area contributed by atoms with E-state index in [9.17, 15) is 9.59 Å². The molecule has 2 aromatic rings. The molecule has 8 nitrogen and oxygen atoms in total. The monoisotopic (exact) mass is 369 g/mol. The average Bonchev–Trinajstić information content (AvgIpc) is 2.92. The molecule has 0 aliphatic heterocycles. The van der Waals surface area contributed by atoms with Gasteiger partial charge in [0.2, 0.25) is 5.91 Å². The fraction of sp³-hybridized carbons (Fsp3) is 0.286. The Balaban J connectivity index is 1.87. The van der Waals surface area contributed by atoms with Gasteiger partial charge in [-0.1, -0.05) is 23.4 Å². The van der Waals surface area contributed by atoms with Crippen molar-refractivity contribution in [2.24, 2.45) is 7.05 Å². The van der Waals surface area contributed by atoms with Crippen molar-refractivity contribution >= 4 is 35.3 Å². The highest BCUT2D eigenvalue weighted by Crippen LogP contribution is 2.18. The van der Waals surface area contributed by atoms with Crippen molar-refractivity contribution in [1.82, 2.24) is 25.4 Å². The van der Waals surface area contributed by atoms with E-state index < -0.39 is 11.9 Å². The van der Waals surface area contributed by atoms with Crippen molar-refractivity contribution in [3.8, 4) is 5.75 Å². The van der Waals surface area contributed by atoms with Crippen LogP contribution in [0.25, 0.3) is 0 Å². The summed E-state index contributed by atoms with van der Waals surface area (Å²) in [7, 11) is 3.21. The molecule has 3 amide bonds.